The monoisotopic (exact) mass is 308 g/mol. The van der Waals surface area contributed by atoms with E-state index in [9.17, 15) is 9.59 Å². The molecule has 2 aromatic carbocycles. The predicted molar refractivity (Wildman–Crippen MR) is 89.0 cm³/mol. The van der Waals surface area contributed by atoms with E-state index in [0.29, 0.717) is 17.0 Å². The number of ketones is 1. The maximum absolute atomic E-state index is 12.4. The van der Waals surface area contributed by atoms with Gasteiger partial charge in [-0.3, -0.25) is 9.59 Å². The van der Waals surface area contributed by atoms with Crippen molar-refractivity contribution in [3.05, 3.63) is 59.8 Å². The first kappa shape index (κ1) is 14.8. The highest BCUT2D eigenvalue weighted by Crippen LogP contribution is 2.26. The van der Waals surface area contributed by atoms with Gasteiger partial charge in [0.15, 0.2) is 0 Å². The highest BCUT2D eigenvalue weighted by atomic mass is 16.5. The normalized spacial score (nSPS) is 10.5. The average molecular weight is 308 g/mol. The van der Waals surface area contributed by atoms with Gasteiger partial charge in [-0.15, -0.1) is 0 Å². The number of hydrogen-bond donors (Lipinski definition) is 2. The van der Waals surface area contributed by atoms with Crippen LogP contribution in [0.5, 0.6) is 5.75 Å². The van der Waals surface area contributed by atoms with Crippen LogP contribution in [0, 0.1) is 6.92 Å². The molecule has 1 amide bonds. The fourth-order valence-electron chi connectivity index (χ4n) is 2.48. The molecule has 23 heavy (non-hydrogen) atoms. The van der Waals surface area contributed by atoms with E-state index < -0.39 is 11.7 Å². The van der Waals surface area contributed by atoms with E-state index in [4.69, 9.17) is 4.74 Å². The van der Waals surface area contributed by atoms with Crippen molar-refractivity contribution in [2.45, 2.75) is 6.92 Å². The highest BCUT2D eigenvalue weighted by molar-refractivity contribution is 6.48. The number of aryl methyl sites for hydroxylation is 1. The predicted octanol–water partition coefficient (Wildman–Crippen LogP) is 3.31. The van der Waals surface area contributed by atoms with Gasteiger partial charge in [-0.05, 0) is 30.7 Å². The molecule has 0 saturated heterocycles. The molecular formula is C18H16N2O3. The van der Waals surface area contributed by atoms with Crippen LogP contribution in [0.4, 0.5) is 5.69 Å². The van der Waals surface area contributed by atoms with Gasteiger partial charge < -0.3 is 15.0 Å². The molecule has 0 spiro atoms. The van der Waals surface area contributed by atoms with Crippen molar-refractivity contribution in [1.82, 2.24) is 4.98 Å². The topological polar surface area (TPSA) is 71.2 Å². The average Bonchev–Trinajstić information content (AvgIpc) is 2.98. The van der Waals surface area contributed by atoms with Gasteiger partial charge in [0.2, 0.25) is 0 Å². The Morgan fingerprint density at radius 1 is 1.13 bits per heavy atom. The summed E-state index contributed by atoms with van der Waals surface area (Å²) < 4.78 is 5.21. The van der Waals surface area contributed by atoms with E-state index in [1.54, 1.807) is 24.4 Å². The van der Waals surface area contributed by atoms with Gasteiger partial charge in [0.05, 0.1) is 18.4 Å². The number of aromatic amines is 1. The SMILES string of the molecule is COc1ccc(C)cc1NC(=O)C(=O)c1c[nH]c2ccccc12. The Labute approximate surface area is 133 Å². The van der Waals surface area contributed by atoms with Crippen molar-refractivity contribution in [2.75, 3.05) is 12.4 Å². The second-order valence-corrected chi connectivity index (χ2v) is 5.23. The fourth-order valence-corrected chi connectivity index (χ4v) is 2.48. The first-order chi connectivity index (χ1) is 11.1. The number of methoxy groups -OCH3 is 1. The van der Waals surface area contributed by atoms with Crippen molar-refractivity contribution in [3.63, 3.8) is 0 Å². The number of rotatable bonds is 4. The summed E-state index contributed by atoms with van der Waals surface area (Å²) in [6, 6.07) is 12.7. The van der Waals surface area contributed by atoms with Crippen molar-refractivity contribution in [1.29, 1.82) is 0 Å². The lowest BCUT2D eigenvalue weighted by molar-refractivity contribution is -0.112. The standard InChI is InChI=1S/C18H16N2O3/c1-11-7-8-16(23-2)15(9-11)20-18(22)17(21)13-10-19-14-6-4-3-5-12(13)14/h3-10,19H,1-2H3,(H,20,22). The zero-order valence-electron chi connectivity index (χ0n) is 12.8. The summed E-state index contributed by atoms with van der Waals surface area (Å²) in [5.74, 6) is -0.777. The van der Waals surface area contributed by atoms with Crippen molar-refractivity contribution >= 4 is 28.3 Å². The molecule has 0 radical (unpaired) electrons. The summed E-state index contributed by atoms with van der Waals surface area (Å²) in [5.41, 5.74) is 2.60. The van der Waals surface area contributed by atoms with E-state index in [1.165, 1.54) is 7.11 Å². The zero-order chi connectivity index (χ0) is 16.4. The fraction of sp³-hybridized carbons (Fsp3) is 0.111. The minimum atomic E-state index is -0.696. The van der Waals surface area contributed by atoms with Crippen LogP contribution in [0.25, 0.3) is 10.9 Å². The van der Waals surface area contributed by atoms with Crippen LogP contribution in [0.1, 0.15) is 15.9 Å². The molecule has 1 aromatic heterocycles. The first-order valence-corrected chi connectivity index (χ1v) is 7.16. The number of carbonyl (C=O) groups excluding carboxylic acids is 2. The second kappa shape index (κ2) is 5.96. The molecule has 0 aliphatic heterocycles. The number of nitrogens with one attached hydrogen (secondary N) is 2. The van der Waals surface area contributed by atoms with Gasteiger partial charge >= 0.3 is 0 Å². The van der Waals surface area contributed by atoms with E-state index in [0.717, 1.165) is 16.5 Å². The van der Waals surface area contributed by atoms with Gasteiger partial charge in [-0.25, -0.2) is 0 Å². The van der Waals surface area contributed by atoms with E-state index in [-0.39, 0.29) is 0 Å². The van der Waals surface area contributed by atoms with Crippen LogP contribution in [-0.2, 0) is 4.79 Å². The molecule has 3 aromatic rings. The Morgan fingerprint density at radius 2 is 1.91 bits per heavy atom. The van der Waals surface area contributed by atoms with Gasteiger partial charge in [0.1, 0.15) is 5.75 Å². The second-order valence-electron chi connectivity index (χ2n) is 5.23. The van der Waals surface area contributed by atoms with E-state index >= 15 is 0 Å². The van der Waals surface area contributed by atoms with Gasteiger partial charge in [0.25, 0.3) is 11.7 Å². The Bertz CT molecular complexity index is 896. The van der Waals surface area contributed by atoms with Crippen LogP contribution in [0.2, 0.25) is 0 Å². The van der Waals surface area contributed by atoms with Gasteiger partial charge in [0, 0.05) is 17.1 Å². The molecule has 5 heteroatoms. The molecule has 0 bridgehead atoms. The third kappa shape index (κ3) is 2.81. The quantitative estimate of drug-likeness (QED) is 0.574. The minimum Gasteiger partial charge on any atom is -0.495 e. The lowest BCUT2D eigenvalue weighted by Gasteiger charge is -2.10. The summed E-state index contributed by atoms with van der Waals surface area (Å²) in [7, 11) is 1.52. The number of H-pyrrole nitrogens is 1. The number of hydrogen-bond acceptors (Lipinski definition) is 3. The van der Waals surface area contributed by atoms with Gasteiger partial charge in [-0.1, -0.05) is 24.3 Å². The van der Waals surface area contributed by atoms with Gasteiger partial charge in [-0.2, -0.15) is 0 Å². The highest BCUT2D eigenvalue weighted by Gasteiger charge is 2.21. The largest absolute Gasteiger partial charge is 0.495 e. The molecule has 1 heterocycles. The number of para-hydroxylation sites is 1. The van der Waals surface area contributed by atoms with Crippen LogP contribution >= 0.6 is 0 Å². The Morgan fingerprint density at radius 3 is 2.70 bits per heavy atom. The Hall–Kier alpha value is -3.08. The first-order valence-electron chi connectivity index (χ1n) is 7.16. The molecule has 0 atom stereocenters. The third-order valence-electron chi connectivity index (χ3n) is 3.64. The molecule has 0 saturated carbocycles. The Balaban J connectivity index is 1.89. The molecule has 0 unspecified atom stereocenters. The van der Waals surface area contributed by atoms with Crippen LogP contribution in [0.3, 0.4) is 0 Å². The van der Waals surface area contributed by atoms with E-state index in [1.807, 2.05) is 31.2 Å². The van der Waals surface area contributed by atoms with Crippen molar-refractivity contribution < 1.29 is 14.3 Å². The molecule has 0 aliphatic carbocycles. The van der Waals surface area contributed by atoms with Crippen LogP contribution in [-0.4, -0.2) is 23.8 Å². The molecule has 116 valence electrons. The maximum atomic E-state index is 12.4. The molecule has 0 aliphatic rings. The third-order valence-corrected chi connectivity index (χ3v) is 3.64. The minimum absolute atomic E-state index is 0.352. The lowest BCUT2D eigenvalue weighted by atomic mass is 10.1. The summed E-state index contributed by atoms with van der Waals surface area (Å²) in [6.45, 7) is 1.90. The number of fused-ring (bicyclic) bond motifs is 1. The van der Waals surface area contributed by atoms with Crippen molar-refractivity contribution in [3.8, 4) is 5.75 Å². The lowest BCUT2D eigenvalue weighted by Crippen LogP contribution is -2.23. The summed E-state index contributed by atoms with van der Waals surface area (Å²) in [6.07, 6.45) is 1.56. The smallest absolute Gasteiger partial charge is 0.296 e. The maximum Gasteiger partial charge on any atom is 0.296 e. The number of carbonyl (C=O) groups is 2. The molecule has 5 nitrogen and oxygen atoms in total. The Kier molecular flexibility index (Phi) is 3.85. The summed E-state index contributed by atoms with van der Waals surface area (Å²) in [5, 5.41) is 3.35. The number of amides is 1. The summed E-state index contributed by atoms with van der Waals surface area (Å²) in [4.78, 5) is 27.7. The number of Topliss-reactive ketones (excluding diaryl/α,β-unsaturated/α-hetero) is 1. The molecular weight excluding hydrogens is 292 g/mol. The number of aromatic nitrogens is 1. The van der Waals surface area contributed by atoms with E-state index in [2.05, 4.69) is 10.3 Å². The summed E-state index contributed by atoms with van der Waals surface area (Å²) >= 11 is 0. The van der Waals surface area contributed by atoms with Crippen LogP contribution in [0.15, 0.2) is 48.7 Å². The van der Waals surface area contributed by atoms with Crippen molar-refractivity contribution in [2.24, 2.45) is 0 Å². The molecule has 3 rings (SSSR count). The number of anilines is 1. The number of benzene rings is 2. The van der Waals surface area contributed by atoms with Crippen LogP contribution < -0.4 is 10.1 Å². The molecule has 2 N–H and O–H groups in total. The number of ether oxygens (including phenoxy) is 1. The molecule has 0 fully saturated rings. The zero-order valence-corrected chi connectivity index (χ0v) is 12.8.